The van der Waals surface area contributed by atoms with Crippen LogP contribution < -0.4 is 15.0 Å². The van der Waals surface area contributed by atoms with Gasteiger partial charge in [0.1, 0.15) is 5.75 Å². The Morgan fingerprint density at radius 1 is 1.23 bits per heavy atom. The van der Waals surface area contributed by atoms with E-state index >= 15 is 0 Å². The topological polar surface area (TPSA) is 63.2 Å². The van der Waals surface area contributed by atoms with Gasteiger partial charge in [-0.25, -0.2) is 0 Å². The molecule has 6 nitrogen and oxygen atoms in total. The van der Waals surface area contributed by atoms with Gasteiger partial charge in [0, 0.05) is 13.6 Å². The molecule has 6 heteroatoms. The molecule has 0 aliphatic rings. The maximum absolute atomic E-state index is 5.60. The monoisotopic (exact) mass is 301 g/mol. The number of rotatable bonds is 8. The van der Waals surface area contributed by atoms with Crippen molar-refractivity contribution in [2.75, 3.05) is 30.4 Å². The minimum absolute atomic E-state index is 0.617. The van der Waals surface area contributed by atoms with E-state index in [1.807, 2.05) is 43.1 Å². The summed E-state index contributed by atoms with van der Waals surface area (Å²) in [6.45, 7) is 5.66. The number of ether oxygens (including phenoxy) is 1. The lowest BCUT2D eigenvalue weighted by Crippen LogP contribution is -2.21. The van der Waals surface area contributed by atoms with E-state index in [0.29, 0.717) is 18.4 Å². The molecule has 0 bridgehead atoms. The third-order valence-corrected chi connectivity index (χ3v) is 3.19. The maximum Gasteiger partial charge on any atom is 0.247 e. The quantitative estimate of drug-likeness (QED) is 0.807. The first-order valence-electron chi connectivity index (χ1n) is 7.64. The normalized spacial score (nSPS) is 10.3. The zero-order chi connectivity index (χ0) is 15.8. The molecular formula is C16H23N5O. The van der Waals surface area contributed by atoms with Crippen molar-refractivity contribution in [3.63, 3.8) is 0 Å². The molecule has 0 amide bonds. The van der Waals surface area contributed by atoms with E-state index in [4.69, 9.17) is 4.74 Å². The van der Waals surface area contributed by atoms with Crippen LogP contribution in [0, 0.1) is 0 Å². The fourth-order valence-corrected chi connectivity index (χ4v) is 2.00. The number of hydrogen-bond donors (Lipinski definition) is 1. The Morgan fingerprint density at radius 3 is 2.82 bits per heavy atom. The van der Waals surface area contributed by atoms with E-state index < -0.39 is 0 Å². The van der Waals surface area contributed by atoms with Crippen molar-refractivity contribution in [1.82, 2.24) is 15.2 Å². The molecule has 0 spiro atoms. The molecule has 2 aromatic rings. The number of unbranched alkanes of at least 4 members (excludes halogenated alkanes) is 1. The molecule has 0 saturated heterocycles. The van der Waals surface area contributed by atoms with E-state index in [2.05, 4.69) is 27.4 Å². The van der Waals surface area contributed by atoms with E-state index in [-0.39, 0.29) is 0 Å². The molecule has 1 aromatic carbocycles. The van der Waals surface area contributed by atoms with Crippen molar-refractivity contribution in [3.05, 3.63) is 30.5 Å². The first kappa shape index (κ1) is 16.0. The third-order valence-electron chi connectivity index (χ3n) is 3.19. The Labute approximate surface area is 131 Å². The SMILES string of the molecule is CCCCN(C)c1nncc(Nc2ccccc2OCC)n1. The number of anilines is 3. The summed E-state index contributed by atoms with van der Waals surface area (Å²) in [5.41, 5.74) is 0.868. The van der Waals surface area contributed by atoms with E-state index in [1.54, 1.807) is 6.20 Å². The van der Waals surface area contributed by atoms with Crippen LogP contribution in [-0.2, 0) is 0 Å². The summed E-state index contributed by atoms with van der Waals surface area (Å²) >= 11 is 0. The Balaban J connectivity index is 2.13. The summed E-state index contributed by atoms with van der Waals surface area (Å²) in [6, 6.07) is 7.77. The molecule has 1 aromatic heterocycles. The average molecular weight is 301 g/mol. The van der Waals surface area contributed by atoms with Gasteiger partial charge in [0.25, 0.3) is 0 Å². The molecule has 22 heavy (non-hydrogen) atoms. The number of para-hydroxylation sites is 2. The molecule has 1 heterocycles. The molecular weight excluding hydrogens is 278 g/mol. The van der Waals surface area contributed by atoms with Crippen LogP contribution in [0.25, 0.3) is 0 Å². The fourth-order valence-electron chi connectivity index (χ4n) is 2.00. The van der Waals surface area contributed by atoms with E-state index in [0.717, 1.165) is 30.8 Å². The first-order chi connectivity index (χ1) is 10.7. The van der Waals surface area contributed by atoms with Crippen LogP contribution >= 0.6 is 0 Å². The van der Waals surface area contributed by atoms with Crippen molar-refractivity contribution in [1.29, 1.82) is 0 Å². The number of nitrogens with one attached hydrogen (secondary N) is 1. The summed E-state index contributed by atoms with van der Waals surface area (Å²) in [6.07, 6.45) is 3.85. The van der Waals surface area contributed by atoms with Gasteiger partial charge in [-0.2, -0.15) is 10.1 Å². The van der Waals surface area contributed by atoms with Crippen LogP contribution in [0.2, 0.25) is 0 Å². The zero-order valence-electron chi connectivity index (χ0n) is 13.4. The Kier molecular flexibility index (Phi) is 5.94. The maximum atomic E-state index is 5.60. The third kappa shape index (κ3) is 4.31. The highest BCUT2D eigenvalue weighted by Crippen LogP contribution is 2.26. The van der Waals surface area contributed by atoms with Crippen LogP contribution in [0.5, 0.6) is 5.75 Å². The van der Waals surface area contributed by atoms with Gasteiger partial charge in [0.15, 0.2) is 5.82 Å². The van der Waals surface area contributed by atoms with Crippen molar-refractivity contribution < 1.29 is 4.74 Å². The molecule has 0 fully saturated rings. The second-order valence-corrected chi connectivity index (χ2v) is 4.97. The van der Waals surface area contributed by atoms with Crippen LogP contribution in [0.1, 0.15) is 26.7 Å². The second kappa shape index (κ2) is 8.17. The van der Waals surface area contributed by atoms with Gasteiger partial charge in [-0.1, -0.05) is 25.5 Å². The van der Waals surface area contributed by atoms with Gasteiger partial charge < -0.3 is 15.0 Å². The molecule has 0 radical (unpaired) electrons. The minimum atomic E-state index is 0.617. The molecule has 0 aliphatic carbocycles. The van der Waals surface area contributed by atoms with Crippen LogP contribution in [0.3, 0.4) is 0 Å². The summed E-state index contributed by atoms with van der Waals surface area (Å²) in [5, 5.41) is 11.4. The number of hydrogen-bond acceptors (Lipinski definition) is 6. The van der Waals surface area contributed by atoms with Gasteiger partial charge in [-0.3, -0.25) is 0 Å². The van der Waals surface area contributed by atoms with Crippen LogP contribution in [0.4, 0.5) is 17.5 Å². The van der Waals surface area contributed by atoms with Crippen LogP contribution in [0.15, 0.2) is 30.5 Å². The summed E-state index contributed by atoms with van der Waals surface area (Å²) in [7, 11) is 1.98. The highest BCUT2D eigenvalue weighted by molar-refractivity contribution is 5.64. The van der Waals surface area contributed by atoms with Crippen molar-refractivity contribution in [3.8, 4) is 5.75 Å². The van der Waals surface area contributed by atoms with Gasteiger partial charge in [-0.15, -0.1) is 5.10 Å². The predicted octanol–water partition coefficient (Wildman–Crippen LogP) is 3.25. The minimum Gasteiger partial charge on any atom is -0.492 e. The second-order valence-electron chi connectivity index (χ2n) is 4.97. The average Bonchev–Trinajstić information content (AvgIpc) is 2.55. The summed E-state index contributed by atoms with van der Waals surface area (Å²) in [5.74, 6) is 2.07. The van der Waals surface area contributed by atoms with Crippen molar-refractivity contribution in [2.45, 2.75) is 26.7 Å². The predicted molar refractivity (Wildman–Crippen MR) is 88.9 cm³/mol. The standard InChI is InChI=1S/C16H23N5O/c1-4-6-11-21(3)16-19-15(12-17-20-16)18-13-9-7-8-10-14(13)22-5-2/h7-10,12H,4-6,11H2,1-3H3,(H,18,19,20). The van der Waals surface area contributed by atoms with Gasteiger partial charge in [0.05, 0.1) is 18.5 Å². The number of nitrogens with zero attached hydrogens (tertiary/aromatic N) is 4. The van der Waals surface area contributed by atoms with E-state index in [1.165, 1.54) is 0 Å². The first-order valence-corrected chi connectivity index (χ1v) is 7.64. The summed E-state index contributed by atoms with van der Waals surface area (Å²) < 4.78 is 5.60. The lowest BCUT2D eigenvalue weighted by molar-refractivity contribution is 0.342. The van der Waals surface area contributed by atoms with Crippen molar-refractivity contribution >= 4 is 17.5 Å². The lowest BCUT2D eigenvalue weighted by atomic mass is 10.3. The highest BCUT2D eigenvalue weighted by atomic mass is 16.5. The molecule has 0 saturated carbocycles. The van der Waals surface area contributed by atoms with E-state index in [9.17, 15) is 0 Å². The molecule has 0 unspecified atom stereocenters. The smallest absolute Gasteiger partial charge is 0.247 e. The molecule has 0 aliphatic heterocycles. The largest absolute Gasteiger partial charge is 0.492 e. The Bertz CT molecular complexity index is 590. The molecule has 0 atom stereocenters. The molecule has 1 N–H and O–H groups in total. The summed E-state index contributed by atoms with van der Waals surface area (Å²) in [4.78, 5) is 6.52. The number of aromatic nitrogens is 3. The number of benzene rings is 1. The zero-order valence-corrected chi connectivity index (χ0v) is 13.4. The lowest BCUT2D eigenvalue weighted by Gasteiger charge is -2.17. The van der Waals surface area contributed by atoms with Crippen LogP contribution in [-0.4, -0.2) is 35.4 Å². The molecule has 118 valence electrons. The fraction of sp³-hybridized carbons (Fsp3) is 0.438. The van der Waals surface area contributed by atoms with Gasteiger partial charge >= 0.3 is 0 Å². The highest BCUT2D eigenvalue weighted by Gasteiger charge is 2.08. The Morgan fingerprint density at radius 2 is 2.05 bits per heavy atom. The van der Waals surface area contributed by atoms with Gasteiger partial charge in [0.2, 0.25) is 5.95 Å². The molecule has 2 rings (SSSR count). The van der Waals surface area contributed by atoms with Crippen molar-refractivity contribution in [2.24, 2.45) is 0 Å². The van der Waals surface area contributed by atoms with Gasteiger partial charge in [-0.05, 0) is 25.5 Å². The Hall–Kier alpha value is -2.37.